The van der Waals surface area contributed by atoms with Crippen molar-refractivity contribution in [2.75, 3.05) is 13.7 Å². The average molecular weight is 383 g/mol. The summed E-state index contributed by atoms with van der Waals surface area (Å²) in [5, 5.41) is 4.20. The molecule has 7 heteroatoms. The van der Waals surface area contributed by atoms with Crippen molar-refractivity contribution in [2.45, 2.75) is 44.8 Å². The maximum absolute atomic E-state index is 13.0. The van der Waals surface area contributed by atoms with Gasteiger partial charge in [-0.3, -0.25) is 9.59 Å². The number of amides is 1. The second kappa shape index (κ2) is 7.66. The zero-order valence-electron chi connectivity index (χ0n) is 16.2. The molecule has 1 aromatic carbocycles. The van der Waals surface area contributed by atoms with Gasteiger partial charge in [0.2, 0.25) is 5.91 Å². The smallest absolute Gasteiger partial charge is 0.267 e. The molecule has 28 heavy (non-hydrogen) atoms. The third-order valence-electron chi connectivity index (χ3n) is 5.78. The Hall–Kier alpha value is -2.83. The summed E-state index contributed by atoms with van der Waals surface area (Å²) in [5.74, 6) is 1.85. The van der Waals surface area contributed by atoms with Crippen LogP contribution in [-0.4, -0.2) is 46.4 Å². The van der Waals surface area contributed by atoms with Crippen molar-refractivity contribution < 1.29 is 14.3 Å². The highest BCUT2D eigenvalue weighted by molar-refractivity contribution is 5.77. The Morgan fingerprint density at radius 2 is 2.04 bits per heavy atom. The van der Waals surface area contributed by atoms with E-state index in [2.05, 4.69) is 5.10 Å². The number of likely N-dealkylation sites (tertiary alicyclic amines) is 1. The monoisotopic (exact) mass is 383 g/mol. The van der Waals surface area contributed by atoms with Crippen molar-refractivity contribution in [3.63, 3.8) is 0 Å². The zero-order chi connectivity index (χ0) is 19.7. The summed E-state index contributed by atoms with van der Waals surface area (Å²) in [4.78, 5) is 27.0. The summed E-state index contributed by atoms with van der Waals surface area (Å²) in [6, 6.07) is 10.9. The van der Waals surface area contributed by atoms with Crippen LogP contribution >= 0.6 is 0 Å². The highest BCUT2D eigenvalue weighted by Crippen LogP contribution is 2.42. The van der Waals surface area contributed by atoms with Gasteiger partial charge in [0, 0.05) is 18.2 Å². The van der Waals surface area contributed by atoms with Gasteiger partial charge in [-0.15, -0.1) is 0 Å². The van der Waals surface area contributed by atoms with Crippen LogP contribution in [-0.2, 0) is 11.3 Å². The molecule has 1 saturated heterocycles. The molecule has 7 nitrogen and oxygen atoms in total. The van der Waals surface area contributed by atoms with Gasteiger partial charge in [0.25, 0.3) is 5.56 Å². The number of methoxy groups -OCH3 is 1. The van der Waals surface area contributed by atoms with Gasteiger partial charge in [0.15, 0.2) is 0 Å². The molecule has 2 fully saturated rings. The first-order chi connectivity index (χ1) is 13.5. The normalized spacial score (nSPS) is 23.1. The molecule has 4 rings (SSSR count). The molecule has 2 aromatic rings. The molecule has 1 aromatic heterocycles. The van der Waals surface area contributed by atoms with Crippen molar-refractivity contribution in [2.24, 2.45) is 5.92 Å². The molecule has 1 amide bonds. The molecule has 2 heterocycles. The summed E-state index contributed by atoms with van der Waals surface area (Å²) < 4.78 is 12.5. The maximum Gasteiger partial charge on any atom is 0.267 e. The first kappa shape index (κ1) is 18.5. The summed E-state index contributed by atoms with van der Waals surface area (Å²) in [7, 11) is 1.62. The van der Waals surface area contributed by atoms with Crippen LogP contribution in [0.4, 0.5) is 0 Å². The van der Waals surface area contributed by atoms with Crippen molar-refractivity contribution >= 4 is 5.91 Å². The van der Waals surface area contributed by atoms with Crippen LogP contribution in [0.15, 0.2) is 41.2 Å². The number of nitrogens with zero attached hydrogens (tertiary/aromatic N) is 3. The highest BCUT2D eigenvalue weighted by Gasteiger charge is 2.48. The molecule has 2 bridgehead atoms. The van der Waals surface area contributed by atoms with Crippen molar-refractivity contribution in [1.29, 1.82) is 0 Å². The molecule has 1 aliphatic heterocycles. The quantitative estimate of drug-likeness (QED) is 0.763. The predicted molar refractivity (Wildman–Crippen MR) is 103 cm³/mol. The number of hydrogen-bond donors (Lipinski definition) is 0. The summed E-state index contributed by atoms with van der Waals surface area (Å²) in [6.07, 6.45) is 3.14. The number of piperidine rings is 1. The van der Waals surface area contributed by atoms with Gasteiger partial charge in [0.05, 0.1) is 18.8 Å². The van der Waals surface area contributed by atoms with E-state index in [4.69, 9.17) is 9.47 Å². The van der Waals surface area contributed by atoms with Gasteiger partial charge in [0.1, 0.15) is 24.7 Å². The lowest BCUT2D eigenvalue weighted by atomic mass is 9.99. The lowest BCUT2D eigenvalue weighted by Crippen LogP contribution is -2.49. The van der Waals surface area contributed by atoms with E-state index >= 15 is 0 Å². The number of aryl methyl sites for hydroxylation is 1. The highest BCUT2D eigenvalue weighted by atomic mass is 16.5. The minimum Gasteiger partial charge on any atom is -0.497 e. The van der Waals surface area contributed by atoms with Gasteiger partial charge in [-0.1, -0.05) is 6.07 Å². The fraction of sp³-hybridized carbons (Fsp3) is 0.476. The van der Waals surface area contributed by atoms with Gasteiger partial charge >= 0.3 is 0 Å². The van der Waals surface area contributed by atoms with Crippen molar-refractivity contribution in [1.82, 2.24) is 14.7 Å². The molecule has 2 unspecified atom stereocenters. The molecule has 2 aliphatic rings. The number of ether oxygens (including phenoxy) is 2. The topological polar surface area (TPSA) is 73.7 Å². The third kappa shape index (κ3) is 3.61. The summed E-state index contributed by atoms with van der Waals surface area (Å²) in [6.45, 7) is 2.22. The largest absolute Gasteiger partial charge is 0.497 e. The Balaban J connectivity index is 1.48. The molecule has 0 N–H and O–H groups in total. The summed E-state index contributed by atoms with van der Waals surface area (Å²) in [5.41, 5.74) is 0.459. The number of carbonyl (C=O) groups is 1. The van der Waals surface area contributed by atoms with Crippen LogP contribution in [0.25, 0.3) is 0 Å². The van der Waals surface area contributed by atoms with Gasteiger partial charge < -0.3 is 14.4 Å². The van der Waals surface area contributed by atoms with E-state index in [1.54, 1.807) is 13.2 Å². The Morgan fingerprint density at radius 1 is 1.21 bits per heavy atom. The summed E-state index contributed by atoms with van der Waals surface area (Å²) >= 11 is 0. The van der Waals surface area contributed by atoms with Crippen molar-refractivity contribution in [3.05, 3.63) is 52.4 Å². The number of fused-ring (bicyclic) bond motifs is 2. The van der Waals surface area contributed by atoms with Crippen molar-refractivity contribution in [3.8, 4) is 11.5 Å². The van der Waals surface area contributed by atoms with Crippen LogP contribution in [0, 0.1) is 12.8 Å². The van der Waals surface area contributed by atoms with Crippen LogP contribution in [0.2, 0.25) is 0 Å². The van der Waals surface area contributed by atoms with E-state index < -0.39 is 0 Å². The number of rotatable bonds is 6. The van der Waals surface area contributed by atoms with E-state index in [0.717, 1.165) is 30.8 Å². The number of carbonyl (C=O) groups excluding carboxylic acids is 1. The fourth-order valence-corrected chi connectivity index (χ4v) is 4.44. The Bertz CT molecular complexity index is 926. The average Bonchev–Trinajstić information content (AvgIpc) is 3.31. The van der Waals surface area contributed by atoms with E-state index in [1.807, 2.05) is 36.1 Å². The zero-order valence-corrected chi connectivity index (χ0v) is 16.2. The minimum absolute atomic E-state index is 0.0259. The van der Waals surface area contributed by atoms with E-state index in [-0.39, 0.29) is 30.1 Å². The molecular formula is C21H25N3O4. The second-order valence-electron chi connectivity index (χ2n) is 7.56. The van der Waals surface area contributed by atoms with Gasteiger partial charge in [-0.25, -0.2) is 4.68 Å². The molecule has 1 aliphatic carbocycles. The third-order valence-corrected chi connectivity index (χ3v) is 5.78. The SMILES string of the molecule is COc1cccc(OC[C@@H]2C3CCC(C3)N2C(=O)Cn2nc(C)ccc2=O)c1. The number of benzene rings is 1. The van der Waals surface area contributed by atoms with Gasteiger partial charge in [-0.05, 0) is 50.3 Å². The van der Waals surface area contributed by atoms with Crippen LogP contribution in [0.1, 0.15) is 25.0 Å². The molecule has 148 valence electrons. The standard InChI is InChI=1S/C21H25N3O4/c1-14-6-9-20(25)23(22-14)12-21(26)24-16-8-7-15(10-16)19(24)13-28-18-5-3-4-17(11-18)27-2/h3-6,9,11,15-16,19H,7-8,10,12-13H2,1-2H3/t15?,16?,19-/m1/s1. The predicted octanol–water partition coefficient (Wildman–Crippen LogP) is 2.02. The molecular weight excluding hydrogens is 358 g/mol. The van der Waals surface area contributed by atoms with Crippen LogP contribution in [0.5, 0.6) is 11.5 Å². The second-order valence-corrected chi connectivity index (χ2v) is 7.56. The fourth-order valence-electron chi connectivity index (χ4n) is 4.44. The van der Waals surface area contributed by atoms with Crippen LogP contribution in [0.3, 0.4) is 0 Å². The van der Waals surface area contributed by atoms with E-state index in [0.29, 0.717) is 18.2 Å². The number of hydrogen-bond acceptors (Lipinski definition) is 5. The van der Waals surface area contributed by atoms with Gasteiger partial charge in [-0.2, -0.15) is 5.10 Å². The Morgan fingerprint density at radius 3 is 2.86 bits per heavy atom. The number of aromatic nitrogens is 2. The Labute approximate surface area is 163 Å². The molecule has 1 saturated carbocycles. The maximum atomic E-state index is 13.0. The first-order valence-electron chi connectivity index (χ1n) is 9.68. The first-order valence-corrected chi connectivity index (χ1v) is 9.68. The van der Waals surface area contributed by atoms with E-state index in [1.165, 1.54) is 10.7 Å². The molecule has 0 spiro atoms. The lowest BCUT2D eigenvalue weighted by Gasteiger charge is -2.35. The molecule has 3 atom stereocenters. The lowest BCUT2D eigenvalue weighted by molar-refractivity contribution is -0.137. The van der Waals surface area contributed by atoms with E-state index in [9.17, 15) is 9.59 Å². The van der Waals surface area contributed by atoms with Crippen LogP contribution < -0.4 is 15.0 Å². The Kier molecular flexibility index (Phi) is 5.07. The molecule has 0 radical (unpaired) electrons. The minimum atomic E-state index is -0.257.